The molecule has 0 radical (unpaired) electrons. The summed E-state index contributed by atoms with van der Waals surface area (Å²) in [5.41, 5.74) is -0.419. The first kappa shape index (κ1) is 26.3. The minimum absolute atomic E-state index is 0.0680. The van der Waals surface area contributed by atoms with E-state index >= 15 is 0 Å². The Labute approximate surface area is 177 Å². The van der Waals surface area contributed by atoms with Crippen LogP contribution in [-0.4, -0.2) is 34.3 Å². The molecule has 10 nitrogen and oxygen atoms in total. The number of alkyl halides is 3. The normalized spacial score (nSPS) is 11.6. The molecule has 0 atom stereocenters. The van der Waals surface area contributed by atoms with Crippen molar-refractivity contribution in [3.63, 3.8) is 0 Å². The van der Waals surface area contributed by atoms with Gasteiger partial charge in [0.1, 0.15) is 11.5 Å². The van der Waals surface area contributed by atoms with Gasteiger partial charge in [-0.3, -0.25) is 18.7 Å². The fraction of sp³-hybridized carbons (Fsp3) is 0.176. The standard InChI is InChI=1S/C16H10F4N4O3.CH4O3S/c1-23-12(16(18,19)20)6-14(26)24(15(23)27)11-5-8(2-3-13(22)25)9(7-21)4-10(11)17;1-5(2,3)4/h2-6H,1H3,(H2,22,25);1H3,(H,2,3,4). The zero-order valence-electron chi connectivity index (χ0n) is 16.2. The van der Waals surface area contributed by atoms with E-state index in [2.05, 4.69) is 0 Å². The van der Waals surface area contributed by atoms with Crippen LogP contribution in [0.3, 0.4) is 0 Å². The number of benzene rings is 1. The summed E-state index contributed by atoms with van der Waals surface area (Å²) in [5.74, 6) is -2.07. The number of hydrogen-bond donors (Lipinski definition) is 2. The van der Waals surface area contributed by atoms with E-state index in [0.29, 0.717) is 12.3 Å². The van der Waals surface area contributed by atoms with E-state index in [1.165, 1.54) is 0 Å². The average Bonchev–Trinajstić information content (AvgIpc) is 2.62. The van der Waals surface area contributed by atoms with Crippen LogP contribution in [0, 0.1) is 17.1 Å². The minimum atomic E-state index is -4.97. The summed E-state index contributed by atoms with van der Waals surface area (Å²) in [7, 11) is -2.89. The third-order valence-corrected chi connectivity index (χ3v) is 3.52. The van der Waals surface area contributed by atoms with Crippen molar-refractivity contribution in [2.45, 2.75) is 6.18 Å². The summed E-state index contributed by atoms with van der Waals surface area (Å²) >= 11 is 0. The molecular formula is C17H14F4N4O6S. The number of nitriles is 1. The Bertz CT molecular complexity index is 1340. The summed E-state index contributed by atoms with van der Waals surface area (Å²) in [6.45, 7) is 0. The van der Waals surface area contributed by atoms with E-state index < -0.39 is 50.6 Å². The zero-order chi connectivity index (χ0) is 25.0. The average molecular weight is 478 g/mol. The Balaban J connectivity index is 0.000000920. The maximum Gasteiger partial charge on any atom is 0.431 e. The highest BCUT2D eigenvalue weighted by molar-refractivity contribution is 7.85. The fourth-order valence-corrected chi connectivity index (χ4v) is 2.28. The predicted molar refractivity (Wildman–Crippen MR) is 103 cm³/mol. The number of hydrogen-bond acceptors (Lipinski definition) is 6. The second-order valence-corrected chi connectivity index (χ2v) is 7.48. The number of halogens is 4. The van der Waals surface area contributed by atoms with Gasteiger partial charge in [0.15, 0.2) is 0 Å². The summed E-state index contributed by atoms with van der Waals surface area (Å²) in [6, 6.07) is 3.35. The van der Waals surface area contributed by atoms with Crippen LogP contribution >= 0.6 is 0 Å². The van der Waals surface area contributed by atoms with E-state index in [0.717, 1.165) is 25.3 Å². The van der Waals surface area contributed by atoms with Gasteiger partial charge in [0.25, 0.3) is 15.7 Å². The topological polar surface area (TPSA) is 165 Å². The van der Waals surface area contributed by atoms with Gasteiger partial charge < -0.3 is 5.73 Å². The lowest BCUT2D eigenvalue weighted by molar-refractivity contribution is -0.144. The van der Waals surface area contributed by atoms with Crippen molar-refractivity contribution in [2.75, 3.05) is 6.26 Å². The number of carbonyl (C=O) groups is 1. The lowest BCUT2D eigenvalue weighted by Gasteiger charge is -2.14. The Kier molecular flexibility index (Phi) is 7.86. The molecule has 1 amide bonds. The van der Waals surface area contributed by atoms with Crippen molar-refractivity contribution in [1.29, 1.82) is 5.26 Å². The predicted octanol–water partition coefficient (Wildman–Crippen LogP) is 0.568. The number of aromatic nitrogens is 2. The maximum absolute atomic E-state index is 14.3. The highest BCUT2D eigenvalue weighted by Gasteiger charge is 2.35. The molecule has 0 bridgehead atoms. The number of amides is 1. The number of nitrogens with zero attached hydrogens (tertiary/aromatic N) is 3. The highest BCUT2D eigenvalue weighted by atomic mass is 32.2. The van der Waals surface area contributed by atoms with E-state index in [1.54, 1.807) is 6.07 Å². The van der Waals surface area contributed by atoms with Gasteiger partial charge >= 0.3 is 11.9 Å². The van der Waals surface area contributed by atoms with Crippen molar-refractivity contribution in [2.24, 2.45) is 12.8 Å². The monoisotopic (exact) mass is 478 g/mol. The van der Waals surface area contributed by atoms with Gasteiger partial charge in [-0.1, -0.05) is 0 Å². The molecule has 1 heterocycles. The number of rotatable bonds is 3. The van der Waals surface area contributed by atoms with Gasteiger partial charge in [-0.15, -0.1) is 0 Å². The van der Waals surface area contributed by atoms with Gasteiger partial charge in [0, 0.05) is 19.2 Å². The van der Waals surface area contributed by atoms with Crippen LogP contribution in [0.2, 0.25) is 0 Å². The summed E-state index contributed by atoms with van der Waals surface area (Å²) in [6.07, 6.45) is -2.35. The van der Waals surface area contributed by atoms with Gasteiger partial charge in [-0.05, 0) is 23.8 Å². The lowest BCUT2D eigenvalue weighted by Crippen LogP contribution is -2.41. The van der Waals surface area contributed by atoms with Gasteiger partial charge in [0.05, 0.1) is 23.6 Å². The van der Waals surface area contributed by atoms with E-state index in [4.69, 9.17) is 15.5 Å². The van der Waals surface area contributed by atoms with Crippen LogP contribution < -0.4 is 17.0 Å². The Hall–Kier alpha value is -3.77. The summed E-state index contributed by atoms with van der Waals surface area (Å²) in [4.78, 5) is 35.2. The Morgan fingerprint density at radius 2 is 1.78 bits per heavy atom. The van der Waals surface area contributed by atoms with Crippen LogP contribution in [0.25, 0.3) is 11.8 Å². The molecule has 32 heavy (non-hydrogen) atoms. The zero-order valence-corrected chi connectivity index (χ0v) is 17.0. The summed E-state index contributed by atoms with van der Waals surface area (Å²) in [5, 5.41) is 9.02. The lowest BCUT2D eigenvalue weighted by atomic mass is 10.1. The molecule has 1 aromatic carbocycles. The van der Waals surface area contributed by atoms with Crippen molar-refractivity contribution >= 4 is 22.1 Å². The number of nitrogens with two attached hydrogens (primary N) is 1. The third kappa shape index (κ3) is 6.89. The Morgan fingerprint density at radius 3 is 2.22 bits per heavy atom. The maximum atomic E-state index is 14.3. The van der Waals surface area contributed by atoms with Crippen LogP contribution in [0.15, 0.2) is 33.9 Å². The fourth-order valence-electron chi connectivity index (χ4n) is 2.28. The van der Waals surface area contributed by atoms with Gasteiger partial charge in [0.2, 0.25) is 5.91 Å². The summed E-state index contributed by atoms with van der Waals surface area (Å²) < 4.78 is 79.2. The van der Waals surface area contributed by atoms with E-state index in [1.807, 2.05) is 0 Å². The van der Waals surface area contributed by atoms with Crippen LogP contribution in [0.1, 0.15) is 16.8 Å². The van der Waals surface area contributed by atoms with Crippen LogP contribution in [-0.2, 0) is 28.1 Å². The molecule has 0 fully saturated rings. The molecule has 2 aromatic rings. The molecule has 0 spiro atoms. The van der Waals surface area contributed by atoms with Crippen LogP contribution in [0.4, 0.5) is 17.6 Å². The molecule has 1 aromatic heterocycles. The number of primary amides is 1. The second-order valence-electron chi connectivity index (χ2n) is 6.01. The minimum Gasteiger partial charge on any atom is -0.366 e. The van der Waals surface area contributed by atoms with Gasteiger partial charge in [-0.2, -0.15) is 26.9 Å². The molecule has 15 heteroatoms. The van der Waals surface area contributed by atoms with Gasteiger partial charge in [-0.25, -0.2) is 13.8 Å². The van der Waals surface area contributed by atoms with E-state index in [9.17, 15) is 40.4 Å². The molecule has 0 aliphatic carbocycles. The van der Waals surface area contributed by atoms with Crippen LogP contribution in [0.5, 0.6) is 0 Å². The first-order valence-corrected chi connectivity index (χ1v) is 9.86. The SMILES string of the molecule is CS(=O)(=O)O.Cn1c(C(F)(F)F)cc(=O)n(-c2cc(C=CC(N)=O)c(C#N)cc2F)c1=O. The molecule has 0 aliphatic rings. The third-order valence-electron chi connectivity index (χ3n) is 3.52. The molecular weight excluding hydrogens is 464 g/mol. The molecule has 0 saturated carbocycles. The largest absolute Gasteiger partial charge is 0.431 e. The van der Waals surface area contributed by atoms with Crippen molar-refractivity contribution in [1.82, 2.24) is 9.13 Å². The van der Waals surface area contributed by atoms with Crippen molar-refractivity contribution < 1.29 is 35.3 Å². The van der Waals surface area contributed by atoms with Crippen molar-refractivity contribution in [3.8, 4) is 11.8 Å². The van der Waals surface area contributed by atoms with Crippen molar-refractivity contribution in [3.05, 3.63) is 67.8 Å². The Morgan fingerprint density at radius 1 is 1.25 bits per heavy atom. The molecule has 2 rings (SSSR count). The quantitative estimate of drug-likeness (QED) is 0.370. The second kappa shape index (κ2) is 9.58. The first-order chi connectivity index (χ1) is 14.5. The van der Waals surface area contributed by atoms with E-state index in [-0.39, 0.29) is 26.3 Å². The first-order valence-electron chi connectivity index (χ1n) is 8.01. The molecule has 172 valence electrons. The molecule has 0 saturated heterocycles. The molecule has 0 aliphatic heterocycles. The molecule has 3 N–H and O–H groups in total. The molecule has 0 unspecified atom stereocenters. The smallest absolute Gasteiger partial charge is 0.366 e. The number of carbonyl (C=O) groups excluding carboxylic acids is 1. The highest BCUT2D eigenvalue weighted by Crippen LogP contribution is 2.27.